The quantitative estimate of drug-likeness (QED) is 0.781. The fraction of sp³-hybridized carbons (Fsp3) is 0.429. The summed E-state index contributed by atoms with van der Waals surface area (Å²) in [6.45, 7) is 2.36. The van der Waals surface area contributed by atoms with Crippen LogP contribution in [0.1, 0.15) is 54.6 Å². The molecule has 1 unspecified atom stereocenters. The average Bonchev–Trinajstić information content (AvgIpc) is 3.44. The summed E-state index contributed by atoms with van der Waals surface area (Å²) in [4.78, 5) is 25.6. The summed E-state index contributed by atoms with van der Waals surface area (Å²) in [5, 5.41) is 11.1. The van der Waals surface area contributed by atoms with Crippen molar-refractivity contribution in [1.29, 1.82) is 0 Å². The van der Waals surface area contributed by atoms with Crippen molar-refractivity contribution in [3.63, 3.8) is 0 Å². The first-order chi connectivity index (χ1) is 13.4. The zero-order chi connectivity index (χ0) is 19.9. The number of terminal acetylenes is 1. The first-order valence-electron chi connectivity index (χ1n) is 9.47. The first-order valence-corrected chi connectivity index (χ1v) is 9.47. The molecule has 1 amide bonds. The van der Waals surface area contributed by atoms with Gasteiger partial charge in [0.2, 0.25) is 5.43 Å². The summed E-state index contributed by atoms with van der Waals surface area (Å²) < 4.78 is 15.9. The summed E-state index contributed by atoms with van der Waals surface area (Å²) in [6.07, 6.45) is 10.2. The van der Waals surface area contributed by atoms with Crippen molar-refractivity contribution in [3.05, 3.63) is 45.5 Å². The molecule has 3 heterocycles. The number of aryl methyl sites for hydroxylation is 1. The minimum atomic E-state index is -0.489. The van der Waals surface area contributed by atoms with Gasteiger partial charge in [-0.05, 0) is 37.5 Å². The van der Waals surface area contributed by atoms with Crippen LogP contribution in [0.25, 0.3) is 10.9 Å². The van der Waals surface area contributed by atoms with Crippen molar-refractivity contribution in [1.82, 2.24) is 9.88 Å². The molecule has 4 rings (SSSR count). The molecule has 144 valence electrons. The van der Waals surface area contributed by atoms with Crippen molar-refractivity contribution in [2.24, 2.45) is 10.2 Å². The van der Waals surface area contributed by atoms with E-state index in [0.29, 0.717) is 32.2 Å². The summed E-state index contributed by atoms with van der Waals surface area (Å²) in [5.41, 5.74) is 0.632. The Morgan fingerprint density at radius 1 is 1.43 bits per heavy atom. The maximum Gasteiger partial charge on any atom is 0.256 e. The molecule has 0 saturated heterocycles. The van der Waals surface area contributed by atoms with Gasteiger partial charge in [0.25, 0.3) is 5.91 Å². The Balaban J connectivity index is 1.59. The van der Waals surface area contributed by atoms with Crippen molar-refractivity contribution in [2.75, 3.05) is 6.54 Å². The summed E-state index contributed by atoms with van der Waals surface area (Å²) in [7, 11) is 0. The van der Waals surface area contributed by atoms with E-state index in [0.717, 1.165) is 17.5 Å². The van der Waals surface area contributed by atoms with Gasteiger partial charge in [0, 0.05) is 43.4 Å². The molecule has 0 spiro atoms. The van der Waals surface area contributed by atoms with Gasteiger partial charge in [-0.15, -0.1) is 12.3 Å². The Morgan fingerprint density at radius 3 is 2.93 bits per heavy atom. The molecule has 0 aliphatic carbocycles. The molecule has 2 aromatic rings. The van der Waals surface area contributed by atoms with Crippen molar-refractivity contribution in [3.8, 4) is 12.3 Å². The highest BCUT2D eigenvalue weighted by Crippen LogP contribution is 2.36. The molecule has 1 N–H and O–H groups in total. The molecule has 2 aliphatic rings. The average molecular weight is 380 g/mol. The first kappa shape index (κ1) is 18.4. The van der Waals surface area contributed by atoms with Crippen LogP contribution in [0.15, 0.2) is 33.4 Å². The Hall–Kier alpha value is -3.01. The maximum atomic E-state index is 14.0. The van der Waals surface area contributed by atoms with Gasteiger partial charge in [0.1, 0.15) is 11.4 Å². The molecule has 0 radical (unpaired) electrons. The lowest BCUT2D eigenvalue weighted by atomic mass is 9.96. The monoisotopic (exact) mass is 380 g/mol. The molecule has 1 atom stereocenters. The Bertz CT molecular complexity index is 1090. The second kappa shape index (κ2) is 6.86. The lowest BCUT2D eigenvalue weighted by Gasteiger charge is -2.26. The van der Waals surface area contributed by atoms with Crippen LogP contribution in [0.3, 0.4) is 0 Å². The maximum absolute atomic E-state index is 14.0. The predicted molar refractivity (Wildman–Crippen MR) is 104 cm³/mol. The number of nitrogens with one attached hydrogen (secondary N) is 1. The highest BCUT2D eigenvalue weighted by atomic mass is 19.1. The van der Waals surface area contributed by atoms with Crippen LogP contribution < -0.4 is 10.7 Å². The number of carbonyl (C=O) groups excluding carboxylic acids is 1. The van der Waals surface area contributed by atoms with Gasteiger partial charge < -0.3 is 9.88 Å². The van der Waals surface area contributed by atoms with Crippen LogP contribution in [-0.4, -0.2) is 22.7 Å². The number of hydrogen-bond acceptors (Lipinski definition) is 4. The van der Waals surface area contributed by atoms with Gasteiger partial charge in [-0.3, -0.25) is 9.59 Å². The highest BCUT2D eigenvalue weighted by molar-refractivity contribution is 5.98. The molecule has 0 saturated carbocycles. The molecule has 2 aliphatic heterocycles. The molecule has 7 heteroatoms. The fourth-order valence-corrected chi connectivity index (χ4v) is 3.88. The summed E-state index contributed by atoms with van der Waals surface area (Å²) in [5.74, 6) is 1.64. The van der Waals surface area contributed by atoms with E-state index in [2.05, 4.69) is 21.5 Å². The second-order valence-corrected chi connectivity index (χ2v) is 7.52. The third-order valence-electron chi connectivity index (χ3n) is 5.58. The zero-order valence-corrected chi connectivity index (χ0v) is 15.7. The van der Waals surface area contributed by atoms with Gasteiger partial charge in [-0.1, -0.05) is 0 Å². The van der Waals surface area contributed by atoms with Gasteiger partial charge in [0.15, 0.2) is 5.66 Å². The SMILES string of the molecule is C#CCCC1(CCNC(=O)c2cn3c4c(cc(F)cc4c2=O)CCC3C)N=N1. The number of rotatable bonds is 6. The van der Waals surface area contributed by atoms with Crippen molar-refractivity contribution >= 4 is 16.8 Å². The van der Waals surface area contributed by atoms with Gasteiger partial charge in [-0.25, -0.2) is 4.39 Å². The van der Waals surface area contributed by atoms with E-state index in [1.165, 1.54) is 12.1 Å². The van der Waals surface area contributed by atoms with E-state index in [-0.39, 0.29) is 17.0 Å². The van der Waals surface area contributed by atoms with Crippen LogP contribution in [0, 0.1) is 18.2 Å². The molecule has 1 aromatic heterocycles. The largest absolute Gasteiger partial charge is 0.352 e. The minimum Gasteiger partial charge on any atom is -0.352 e. The number of halogens is 1. The number of pyridine rings is 1. The van der Waals surface area contributed by atoms with Gasteiger partial charge in [0.05, 0.1) is 5.52 Å². The van der Waals surface area contributed by atoms with E-state index in [1.807, 2.05) is 11.5 Å². The standard InChI is InChI=1S/C21H21FN4O2/c1-3-4-7-21(24-25-21)8-9-23-20(28)17-12-26-13(2)5-6-14-10-15(22)11-16(18(14)26)19(17)27/h1,10-13H,4-9H2,2H3,(H,23,28). The predicted octanol–water partition coefficient (Wildman–Crippen LogP) is 3.34. The van der Waals surface area contributed by atoms with E-state index < -0.39 is 22.8 Å². The molecule has 1 aromatic carbocycles. The number of nitrogens with zero attached hydrogens (tertiary/aromatic N) is 3. The molecular weight excluding hydrogens is 359 g/mol. The Morgan fingerprint density at radius 2 is 2.21 bits per heavy atom. The van der Waals surface area contributed by atoms with E-state index >= 15 is 0 Å². The number of amides is 1. The van der Waals surface area contributed by atoms with Gasteiger partial charge in [-0.2, -0.15) is 10.2 Å². The van der Waals surface area contributed by atoms with Crippen molar-refractivity contribution < 1.29 is 9.18 Å². The number of aromatic nitrogens is 1. The Kier molecular flexibility index (Phi) is 4.50. The summed E-state index contributed by atoms with van der Waals surface area (Å²) >= 11 is 0. The lowest BCUT2D eigenvalue weighted by molar-refractivity contribution is 0.0950. The third-order valence-corrected chi connectivity index (χ3v) is 5.58. The minimum absolute atomic E-state index is 0.0279. The van der Waals surface area contributed by atoms with E-state index in [4.69, 9.17) is 6.42 Å². The third kappa shape index (κ3) is 3.19. The number of benzene rings is 1. The van der Waals surface area contributed by atoms with Crippen LogP contribution in [0.4, 0.5) is 4.39 Å². The van der Waals surface area contributed by atoms with Crippen LogP contribution in [0.2, 0.25) is 0 Å². The lowest BCUT2D eigenvalue weighted by Crippen LogP contribution is -2.33. The molecular formula is C21H21FN4O2. The fourth-order valence-electron chi connectivity index (χ4n) is 3.88. The number of carbonyl (C=O) groups is 1. The van der Waals surface area contributed by atoms with Crippen molar-refractivity contribution in [2.45, 2.75) is 50.7 Å². The van der Waals surface area contributed by atoms with Crippen LogP contribution in [-0.2, 0) is 6.42 Å². The van der Waals surface area contributed by atoms with Crippen LogP contribution in [0.5, 0.6) is 0 Å². The zero-order valence-electron chi connectivity index (χ0n) is 15.7. The van der Waals surface area contributed by atoms with Crippen LogP contribution >= 0.6 is 0 Å². The second-order valence-electron chi connectivity index (χ2n) is 7.52. The number of hydrogen-bond donors (Lipinski definition) is 1. The smallest absolute Gasteiger partial charge is 0.256 e. The molecule has 6 nitrogen and oxygen atoms in total. The molecule has 0 bridgehead atoms. The topological polar surface area (TPSA) is 75.8 Å². The molecule has 28 heavy (non-hydrogen) atoms. The summed E-state index contributed by atoms with van der Waals surface area (Å²) in [6, 6.07) is 2.83. The molecule has 0 fully saturated rings. The van der Waals surface area contributed by atoms with E-state index in [1.54, 1.807) is 6.20 Å². The Labute approximate surface area is 161 Å². The van der Waals surface area contributed by atoms with E-state index in [9.17, 15) is 14.0 Å². The highest BCUT2D eigenvalue weighted by Gasteiger charge is 2.38. The normalized spacial score (nSPS) is 18.7. The van der Waals surface area contributed by atoms with Gasteiger partial charge >= 0.3 is 0 Å².